The summed E-state index contributed by atoms with van der Waals surface area (Å²) in [5, 5.41) is 13.0. The monoisotopic (exact) mass is 216 g/mol. The molecule has 0 aliphatic carbocycles. The zero-order valence-corrected chi connectivity index (χ0v) is 9.91. The largest absolute Gasteiger partial charge is 0.390 e. The third-order valence-corrected chi connectivity index (χ3v) is 2.84. The molecule has 2 unspecified atom stereocenters. The summed E-state index contributed by atoms with van der Waals surface area (Å²) in [6, 6.07) is 0. The van der Waals surface area contributed by atoms with Gasteiger partial charge in [0.2, 0.25) is 0 Å². The Morgan fingerprint density at radius 1 is 1.60 bits per heavy atom. The molecule has 0 aromatic rings. The van der Waals surface area contributed by atoms with Gasteiger partial charge < -0.3 is 15.2 Å². The van der Waals surface area contributed by atoms with E-state index in [2.05, 4.69) is 17.1 Å². The molecule has 1 rings (SSSR count). The van der Waals surface area contributed by atoms with Crippen molar-refractivity contribution in [2.75, 3.05) is 39.8 Å². The van der Waals surface area contributed by atoms with Crippen molar-refractivity contribution < 1.29 is 9.84 Å². The number of aliphatic hydroxyl groups excluding tert-OH is 1. The average molecular weight is 216 g/mol. The lowest BCUT2D eigenvalue weighted by Crippen LogP contribution is -2.38. The van der Waals surface area contributed by atoms with Crippen LogP contribution in [0.4, 0.5) is 0 Å². The van der Waals surface area contributed by atoms with Crippen molar-refractivity contribution in [3.8, 4) is 0 Å². The molecule has 1 heterocycles. The molecule has 1 fully saturated rings. The van der Waals surface area contributed by atoms with Crippen LogP contribution >= 0.6 is 0 Å². The number of β-amino-alcohol motifs (C(OH)–C–C–N with tert-alkyl or cyclic N) is 1. The number of aliphatic hydroxyl groups is 1. The van der Waals surface area contributed by atoms with Gasteiger partial charge in [-0.25, -0.2) is 0 Å². The highest BCUT2D eigenvalue weighted by molar-refractivity contribution is 4.78. The molecule has 0 radical (unpaired) electrons. The quantitative estimate of drug-likeness (QED) is 0.591. The van der Waals surface area contributed by atoms with Crippen LogP contribution in [0.15, 0.2) is 0 Å². The first-order valence-corrected chi connectivity index (χ1v) is 5.90. The molecule has 1 aliphatic heterocycles. The molecule has 15 heavy (non-hydrogen) atoms. The van der Waals surface area contributed by atoms with Gasteiger partial charge in [-0.1, -0.05) is 6.92 Å². The molecule has 2 N–H and O–H groups in total. The van der Waals surface area contributed by atoms with E-state index in [4.69, 9.17) is 4.74 Å². The Balaban J connectivity index is 2.07. The van der Waals surface area contributed by atoms with E-state index in [-0.39, 0.29) is 6.10 Å². The number of rotatable bonds is 7. The van der Waals surface area contributed by atoms with Crippen molar-refractivity contribution in [2.24, 2.45) is 0 Å². The van der Waals surface area contributed by atoms with Crippen molar-refractivity contribution >= 4 is 0 Å². The molecule has 0 aromatic heterocycles. The van der Waals surface area contributed by atoms with Gasteiger partial charge in [0.1, 0.15) is 0 Å². The van der Waals surface area contributed by atoms with Crippen molar-refractivity contribution in [3.63, 3.8) is 0 Å². The van der Waals surface area contributed by atoms with Gasteiger partial charge in [0, 0.05) is 33.3 Å². The average Bonchev–Trinajstić information content (AvgIpc) is 2.66. The Kier molecular flexibility index (Phi) is 6.17. The Labute approximate surface area is 92.6 Å². The van der Waals surface area contributed by atoms with Crippen LogP contribution in [0.1, 0.15) is 19.8 Å². The summed E-state index contributed by atoms with van der Waals surface area (Å²) >= 11 is 0. The van der Waals surface area contributed by atoms with E-state index in [9.17, 15) is 5.11 Å². The molecule has 0 bridgehead atoms. The second-order valence-electron chi connectivity index (χ2n) is 4.26. The maximum atomic E-state index is 9.75. The molecule has 1 saturated heterocycles. The summed E-state index contributed by atoms with van der Waals surface area (Å²) in [5.74, 6) is 0. The minimum atomic E-state index is -0.257. The van der Waals surface area contributed by atoms with Crippen LogP contribution in [0.3, 0.4) is 0 Å². The molecule has 2 atom stereocenters. The van der Waals surface area contributed by atoms with E-state index in [1.54, 1.807) is 7.11 Å². The first kappa shape index (κ1) is 12.9. The summed E-state index contributed by atoms with van der Waals surface area (Å²) in [5.41, 5.74) is 0. The third-order valence-electron chi connectivity index (χ3n) is 2.84. The normalized spacial score (nSPS) is 24.6. The highest BCUT2D eigenvalue weighted by Crippen LogP contribution is 2.11. The van der Waals surface area contributed by atoms with E-state index in [0.29, 0.717) is 12.6 Å². The fourth-order valence-electron chi connectivity index (χ4n) is 1.96. The molecule has 4 nitrogen and oxygen atoms in total. The van der Waals surface area contributed by atoms with Crippen LogP contribution < -0.4 is 5.32 Å². The minimum Gasteiger partial charge on any atom is -0.390 e. The first-order valence-electron chi connectivity index (χ1n) is 5.90. The van der Waals surface area contributed by atoms with Gasteiger partial charge in [0.05, 0.1) is 12.2 Å². The van der Waals surface area contributed by atoms with Crippen molar-refractivity contribution in [2.45, 2.75) is 32.0 Å². The Hall–Kier alpha value is -0.160. The predicted octanol–water partition coefficient (Wildman–Crippen LogP) is 0.0676. The number of methoxy groups -OCH3 is 1. The Morgan fingerprint density at radius 3 is 3.00 bits per heavy atom. The maximum absolute atomic E-state index is 9.75. The summed E-state index contributed by atoms with van der Waals surface area (Å²) < 4.78 is 5.28. The lowest BCUT2D eigenvalue weighted by atomic mass is 10.3. The number of hydrogen-bond donors (Lipinski definition) is 2. The molecule has 0 spiro atoms. The highest BCUT2D eigenvalue weighted by Gasteiger charge is 2.23. The van der Waals surface area contributed by atoms with E-state index in [0.717, 1.165) is 39.0 Å². The highest BCUT2D eigenvalue weighted by atomic mass is 16.5. The lowest BCUT2D eigenvalue weighted by Gasteiger charge is -2.20. The smallest absolute Gasteiger partial charge is 0.0791 e. The summed E-state index contributed by atoms with van der Waals surface area (Å²) in [4.78, 5) is 2.27. The lowest BCUT2D eigenvalue weighted by molar-refractivity contribution is 0.0895. The van der Waals surface area contributed by atoms with E-state index < -0.39 is 0 Å². The van der Waals surface area contributed by atoms with E-state index in [1.165, 1.54) is 0 Å². The van der Waals surface area contributed by atoms with Gasteiger partial charge in [0.25, 0.3) is 0 Å². The molecular formula is C11H24N2O2. The van der Waals surface area contributed by atoms with Crippen LogP contribution in [0.25, 0.3) is 0 Å². The summed E-state index contributed by atoms with van der Waals surface area (Å²) in [6.07, 6.45) is 2.31. The zero-order chi connectivity index (χ0) is 11.1. The van der Waals surface area contributed by atoms with Crippen LogP contribution in [-0.4, -0.2) is 62.0 Å². The molecule has 0 saturated carbocycles. The van der Waals surface area contributed by atoms with Gasteiger partial charge in [-0.2, -0.15) is 0 Å². The topological polar surface area (TPSA) is 44.7 Å². The molecule has 1 aliphatic rings. The fraction of sp³-hybridized carbons (Fsp3) is 1.00. The Bertz CT molecular complexity index is 167. The van der Waals surface area contributed by atoms with Crippen LogP contribution in [0.5, 0.6) is 0 Å². The zero-order valence-electron chi connectivity index (χ0n) is 9.91. The van der Waals surface area contributed by atoms with Gasteiger partial charge in [0.15, 0.2) is 0 Å². The first-order chi connectivity index (χ1) is 7.26. The number of hydrogen-bond acceptors (Lipinski definition) is 4. The van der Waals surface area contributed by atoms with E-state index >= 15 is 0 Å². The van der Waals surface area contributed by atoms with Gasteiger partial charge >= 0.3 is 0 Å². The number of likely N-dealkylation sites (tertiary alicyclic amines) is 1. The molecule has 4 heteroatoms. The van der Waals surface area contributed by atoms with Crippen molar-refractivity contribution in [3.05, 3.63) is 0 Å². The SMILES string of the molecule is CCCNCC(O)CN1CCC(OC)C1. The Morgan fingerprint density at radius 2 is 2.40 bits per heavy atom. The number of nitrogens with zero attached hydrogens (tertiary/aromatic N) is 1. The predicted molar refractivity (Wildman–Crippen MR) is 61.0 cm³/mol. The fourth-order valence-corrected chi connectivity index (χ4v) is 1.96. The number of ether oxygens (including phenoxy) is 1. The van der Waals surface area contributed by atoms with Gasteiger partial charge in [-0.15, -0.1) is 0 Å². The summed E-state index contributed by atoms with van der Waals surface area (Å²) in [7, 11) is 1.76. The van der Waals surface area contributed by atoms with Gasteiger partial charge in [-0.05, 0) is 19.4 Å². The summed E-state index contributed by atoms with van der Waals surface area (Å²) in [6.45, 7) is 6.57. The molecule has 0 aromatic carbocycles. The second kappa shape index (κ2) is 7.17. The third kappa shape index (κ3) is 4.93. The maximum Gasteiger partial charge on any atom is 0.0791 e. The van der Waals surface area contributed by atoms with Crippen LogP contribution in [-0.2, 0) is 4.74 Å². The minimum absolute atomic E-state index is 0.257. The van der Waals surface area contributed by atoms with E-state index in [1.807, 2.05) is 0 Å². The van der Waals surface area contributed by atoms with Crippen molar-refractivity contribution in [1.82, 2.24) is 10.2 Å². The standard InChI is InChI=1S/C11H24N2O2/c1-3-5-12-7-10(14)8-13-6-4-11(9-13)15-2/h10-12,14H,3-9H2,1-2H3. The van der Waals surface area contributed by atoms with Crippen LogP contribution in [0, 0.1) is 0 Å². The molecular weight excluding hydrogens is 192 g/mol. The van der Waals surface area contributed by atoms with Crippen molar-refractivity contribution in [1.29, 1.82) is 0 Å². The molecule has 0 amide bonds. The van der Waals surface area contributed by atoms with Crippen LogP contribution in [0.2, 0.25) is 0 Å². The number of nitrogens with one attached hydrogen (secondary N) is 1. The second-order valence-corrected chi connectivity index (χ2v) is 4.26. The molecule has 90 valence electrons. The van der Waals surface area contributed by atoms with Gasteiger partial charge in [-0.3, -0.25) is 4.90 Å².